The normalized spacial score (nSPS) is 13.1. The lowest BCUT2D eigenvalue weighted by molar-refractivity contribution is -0.167. The van der Waals surface area contributed by atoms with Gasteiger partial charge >= 0.3 is 17.9 Å². The van der Waals surface area contributed by atoms with E-state index >= 15 is 0 Å². The summed E-state index contributed by atoms with van der Waals surface area (Å²) < 4.78 is 16.8. The van der Waals surface area contributed by atoms with E-state index in [-0.39, 0.29) is 37.5 Å². The van der Waals surface area contributed by atoms with Crippen LogP contribution in [0.5, 0.6) is 0 Å². The highest BCUT2D eigenvalue weighted by Crippen LogP contribution is 2.13. The lowest BCUT2D eigenvalue weighted by Crippen LogP contribution is -2.30. The van der Waals surface area contributed by atoms with Crippen LogP contribution in [0.25, 0.3) is 0 Å². The Morgan fingerprint density at radius 2 is 0.615 bits per heavy atom. The summed E-state index contributed by atoms with van der Waals surface area (Å²) in [5, 5.41) is 0. The zero-order chi connectivity index (χ0) is 47.2. The van der Waals surface area contributed by atoms with E-state index in [1.165, 1.54) is 51.4 Å². The van der Waals surface area contributed by atoms with Gasteiger partial charge in [0, 0.05) is 19.3 Å². The number of allylic oxidation sites excluding steroid dienone is 20. The van der Waals surface area contributed by atoms with Gasteiger partial charge in [-0.25, -0.2) is 0 Å². The molecule has 0 fully saturated rings. The Morgan fingerprint density at radius 3 is 1.02 bits per heavy atom. The van der Waals surface area contributed by atoms with Crippen LogP contribution in [-0.2, 0) is 28.6 Å². The van der Waals surface area contributed by atoms with E-state index < -0.39 is 6.10 Å². The van der Waals surface area contributed by atoms with Gasteiger partial charge in [-0.1, -0.05) is 232 Å². The van der Waals surface area contributed by atoms with E-state index in [1.54, 1.807) is 0 Å². The monoisotopic (exact) mass is 899 g/mol. The molecule has 0 aromatic carbocycles. The molecule has 0 amide bonds. The van der Waals surface area contributed by atoms with E-state index in [2.05, 4.69) is 106 Å². The minimum atomic E-state index is -0.808. The number of ether oxygens (including phenoxy) is 3. The summed E-state index contributed by atoms with van der Waals surface area (Å²) in [5.74, 6) is -0.970. The number of carbonyl (C=O) groups excluding carboxylic acids is 3. The zero-order valence-corrected chi connectivity index (χ0v) is 41.7. The third kappa shape index (κ3) is 50.7. The molecule has 6 heteroatoms. The number of rotatable bonds is 45. The number of esters is 3. The van der Waals surface area contributed by atoms with Crippen molar-refractivity contribution < 1.29 is 28.6 Å². The van der Waals surface area contributed by atoms with Crippen LogP contribution < -0.4 is 0 Å². The van der Waals surface area contributed by atoms with E-state index in [0.717, 1.165) is 122 Å². The lowest BCUT2D eigenvalue weighted by atomic mass is 10.1. The summed E-state index contributed by atoms with van der Waals surface area (Å²) >= 11 is 0. The Bertz CT molecular complexity index is 1400. The van der Waals surface area contributed by atoms with Crippen molar-refractivity contribution in [3.05, 3.63) is 122 Å². The van der Waals surface area contributed by atoms with Crippen LogP contribution in [0.2, 0.25) is 0 Å². The first kappa shape index (κ1) is 60.8. The average molecular weight is 899 g/mol. The maximum Gasteiger partial charge on any atom is 0.306 e. The third-order valence-electron chi connectivity index (χ3n) is 10.6. The van der Waals surface area contributed by atoms with Crippen LogP contribution in [0.1, 0.15) is 213 Å². The van der Waals surface area contributed by atoms with Gasteiger partial charge in [0.15, 0.2) is 6.10 Å². The Labute approximate surface area is 399 Å². The summed E-state index contributed by atoms with van der Waals surface area (Å²) in [6.07, 6.45) is 71.7. The molecule has 0 aliphatic heterocycles. The Balaban J connectivity index is 4.51. The van der Waals surface area contributed by atoms with Crippen molar-refractivity contribution in [2.75, 3.05) is 13.2 Å². The highest BCUT2D eigenvalue weighted by atomic mass is 16.6. The number of carbonyl (C=O) groups is 3. The molecule has 1 atom stereocenters. The zero-order valence-electron chi connectivity index (χ0n) is 41.7. The first-order valence-electron chi connectivity index (χ1n) is 26.2. The molecule has 366 valence electrons. The topological polar surface area (TPSA) is 78.9 Å². The van der Waals surface area contributed by atoms with Gasteiger partial charge in [0.25, 0.3) is 0 Å². The van der Waals surface area contributed by atoms with Gasteiger partial charge in [-0.2, -0.15) is 0 Å². The van der Waals surface area contributed by atoms with Crippen molar-refractivity contribution in [2.45, 2.75) is 219 Å². The Kier molecular flexibility index (Phi) is 49.1. The molecule has 0 heterocycles. The molecule has 0 bridgehead atoms. The summed E-state index contributed by atoms with van der Waals surface area (Å²) in [6.45, 7) is 6.41. The predicted molar refractivity (Wildman–Crippen MR) is 279 cm³/mol. The number of unbranched alkanes of at least 4 members (excludes halogenated alkanes) is 21. The van der Waals surface area contributed by atoms with Crippen molar-refractivity contribution >= 4 is 17.9 Å². The van der Waals surface area contributed by atoms with E-state index in [1.807, 2.05) is 36.5 Å². The fourth-order valence-electron chi connectivity index (χ4n) is 6.64. The van der Waals surface area contributed by atoms with Crippen molar-refractivity contribution in [1.29, 1.82) is 0 Å². The molecule has 0 N–H and O–H groups in total. The smallest absolute Gasteiger partial charge is 0.306 e. The molecular weight excluding hydrogens is 805 g/mol. The van der Waals surface area contributed by atoms with Crippen molar-refractivity contribution in [3.8, 4) is 0 Å². The SMILES string of the molecule is CCC\C=C/C=C\C=C/C=C\C=C/CCCCCCCC(=O)OCC(COC(=O)CCCCCCC/C=C\CCCC)OC(=O)CCCCCCC\C=C/C=C\C=C/C=C\CCCCC. The van der Waals surface area contributed by atoms with Gasteiger partial charge in [0.05, 0.1) is 0 Å². The second kappa shape index (κ2) is 52.4. The van der Waals surface area contributed by atoms with Crippen molar-refractivity contribution in [1.82, 2.24) is 0 Å². The Morgan fingerprint density at radius 1 is 0.308 bits per heavy atom. The van der Waals surface area contributed by atoms with Gasteiger partial charge in [-0.15, -0.1) is 0 Å². The summed E-state index contributed by atoms with van der Waals surface area (Å²) in [7, 11) is 0. The van der Waals surface area contributed by atoms with Gasteiger partial charge < -0.3 is 14.2 Å². The van der Waals surface area contributed by atoms with Crippen molar-refractivity contribution in [3.63, 3.8) is 0 Å². The molecule has 1 unspecified atom stereocenters. The summed E-state index contributed by atoms with van der Waals surface area (Å²) in [5.41, 5.74) is 0. The maximum absolute atomic E-state index is 12.8. The molecule has 0 aromatic rings. The van der Waals surface area contributed by atoms with E-state index in [9.17, 15) is 14.4 Å². The van der Waals surface area contributed by atoms with Crippen LogP contribution in [0.15, 0.2) is 122 Å². The number of hydrogen-bond donors (Lipinski definition) is 0. The third-order valence-corrected chi connectivity index (χ3v) is 10.6. The largest absolute Gasteiger partial charge is 0.462 e. The van der Waals surface area contributed by atoms with Crippen LogP contribution in [-0.4, -0.2) is 37.2 Å². The highest BCUT2D eigenvalue weighted by molar-refractivity contribution is 5.71. The molecule has 0 aliphatic rings. The fourth-order valence-corrected chi connectivity index (χ4v) is 6.64. The van der Waals surface area contributed by atoms with Crippen LogP contribution in [0, 0.1) is 0 Å². The summed E-state index contributed by atoms with van der Waals surface area (Å²) in [6, 6.07) is 0. The molecule has 0 saturated heterocycles. The predicted octanol–water partition coefficient (Wildman–Crippen LogP) is 17.3. The minimum absolute atomic E-state index is 0.104. The van der Waals surface area contributed by atoms with Gasteiger partial charge in [0.1, 0.15) is 13.2 Å². The Hall–Kier alpha value is -4.19. The highest BCUT2D eigenvalue weighted by Gasteiger charge is 2.19. The second-order valence-corrected chi connectivity index (χ2v) is 16.9. The number of hydrogen-bond acceptors (Lipinski definition) is 6. The standard InChI is InChI=1S/C59H94O6/c1-4-7-10-13-16-19-22-24-26-28-30-32-34-37-40-43-46-49-52-58(61)64-55-56(54-63-57(60)51-48-45-42-39-36-21-18-15-12-9-6-3)65-59(62)53-50-47-44-41-38-35-33-31-29-27-25-23-20-17-14-11-8-5-2/h10,13,15-20,22-33,56H,4-9,11-12,14,21,34-55H2,1-3H3/b13-10-,18-15-,19-16-,20-17-,24-22-,25-23-,28-26-,29-27-,32-30-,33-31-. The molecular formula is C59H94O6. The maximum atomic E-state index is 12.8. The van der Waals surface area contributed by atoms with Gasteiger partial charge in [-0.05, 0) is 83.5 Å². The van der Waals surface area contributed by atoms with Gasteiger partial charge in [0.2, 0.25) is 0 Å². The molecule has 0 aliphatic carbocycles. The van der Waals surface area contributed by atoms with Crippen LogP contribution in [0.4, 0.5) is 0 Å². The van der Waals surface area contributed by atoms with Crippen LogP contribution in [0.3, 0.4) is 0 Å². The quantitative estimate of drug-likeness (QED) is 0.0199. The average Bonchev–Trinajstić information content (AvgIpc) is 3.30. The molecule has 65 heavy (non-hydrogen) atoms. The van der Waals surface area contributed by atoms with E-state index in [4.69, 9.17) is 14.2 Å². The summed E-state index contributed by atoms with van der Waals surface area (Å²) in [4.78, 5) is 38.0. The van der Waals surface area contributed by atoms with Crippen LogP contribution >= 0.6 is 0 Å². The lowest BCUT2D eigenvalue weighted by Gasteiger charge is -2.18. The van der Waals surface area contributed by atoms with E-state index in [0.29, 0.717) is 12.8 Å². The fraction of sp³-hybridized carbons (Fsp3) is 0.610. The first-order valence-corrected chi connectivity index (χ1v) is 26.2. The van der Waals surface area contributed by atoms with Gasteiger partial charge in [-0.3, -0.25) is 14.4 Å². The minimum Gasteiger partial charge on any atom is -0.462 e. The molecule has 0 spiro atoms. The first-order chi connectivity index (χ1) is 32.0. The molecule has 0 aromatic heterocycles. The molecule has 0 radical (unpaired) electrons. The second-order valence-electron chi connectivity index (χ2n) is 16.9. The molecule has 0 rings (SSSR count). The molecule has 0 saturated carbocycles. The molecule has 6 nitrogen and oxygen atoms in total. The van der Waals surface area contributed by atoms with Crippen molar-refractivity contribution in [2.24, 2.45) is 0 Å².